The van der Waals surface area contributed by atoms with Gasteiger partial charge in [-0.1, -0.05) is 0 Å². The van der Waals surface area contributed by atoms with Gasteiger partial charge in [0.25, 0.3) is 0 Å². The molecule has 1 heterocycles. The summed E-state index contributed by atoms with van der Waals surface area (Å²) in [7, 11) is 1.93. The number of hydrogen-bond acceptors (Lipinski definition) is 4. The zero-order valence-electron chi connectivity index (χ0n) is 10.7. The van der Waals surface area contributed by atoms with E-state index < -0.39 is 0 Å². The van der Waals surface area contributed by atoms with Crippen LogP contribution in [0.4, 0.5) is 0 Å². The Labute approximate surface area is 107 Å². The predicted octanol–water partition coefficient (Wildman–Crippen LogP) is 2.46. The maximum Gasteiger partial charge on any atom is 0.231 e. The van der Waals surface area contributed by atoms with E-state index in [1.165, 1.54) is 12.8 Å². The van der Waals surface area contributed by atoms with Crippen molar-refractivity contribution in [2.75, 3.05) is 13.8 Å². The zero-order chi connectivity index (χ0) is 12.4. The molecule has 3 rings (SSSR count). The summed E-state index contributed by atoms with van der Waals surface area (Å²) < 4.78 is 16.9. The average molecular weight is 249 g/mol. The summed E-state index contributed by atoms with van der Waals surface area (Å²) in [6, 6.07) is 3.98. The van der Waals surface area contributed by atoms with Crippen LogP contribution in [0.2, 0.25) is 0 Å². The second-order valence-corrected chi connectivity index (χ2v) is 4.87. The van der Waals surface area contributed by atoms with Crippen molar-refractivity contribution in [1.29, 1.82) is 0 Å². The van der Waals surface area contributed by atoms with Gasteiger partial charge < -0.3 is 19.5 Å². The first-order valence-electron chi connectivity index (χ1n) is 6.60. The Morgan fingerprint density at radius 2 is 1.94 bits per heavy atom. The fourth-order valence-electron chi connectivity index (χ4n) is 2.59. The van der Waals surface area contributed by atoms with Crippen LogP contribution in [0.1, 0.15) is 31.2 Å². The van der Waals surface area contributed by atoms with E-state index in [4.69, 9.17) is 14.2 Å². The number of rotatable bonds is 4. The van der Waals surface area contributed by atoms with Gasteiger partial charge in [-0.15, -0.1) is 0 Å². The van der Waals surface area contributed by atoms with E-state index in [9.17, 15) is 0 Å². The molecule has 0 bridgehead atoms. The van der Waals surface area contributed by atoms with Gasteiger partial charge >= 0.3 is 0 Å². The van der Waals surface area contributed by atoms with Crippen molar-refractivity contribution in [2.45, 2.75) is 38.3 Å². The lowest BCUT2D eigenvalue weighted by molar-refractivity contribution is 0.173. The molecule has 1 saturated carbocycles. The third-order valence-electron chi connectivity index (χ3n) is 3.52. The highest BCUT2D eigenvalue weighted by molar-refractivity contribution is 5.51. The van der Waals surface area contributed by atoms with E-state index >= 15 is 0 Å². The second kappa shape index (κ2) is 5.06. The van der Waals surface area contributed by atoms with E-state index in [0.717, 1.165) is 42.2 Å². The van der Waals surface area contributed by atoms with Gasteiger partial charge in [-0.2, -0.15) is 0 Å². The minimum Gasteiger partial charge on any atom is -0.490 e. The first-order valence-corrected chi connectivity index (χ1v) is 6.60. The number of nitrogens with one attached hydrogen (secondary N) is 1. The van der Waals surface area contributed by atoms with Crippen molar-refractivity contribution in [2.24, 2.45) is 0 Å². The smallest absolute Gasteiger partial charge is 0.231 e. The van der Waals surface area contributed by atoms with Crippen molar-refractivity contribution >= 4 is 0 Å². The van der Waals surface area contributed by atoms with Crippen LogP contribution in [-0.2, 0) is 6.54 Å². The standard InChI is InChI=1S/C14H19NO3/c1-15-8-10-6-13-14(17-9-16-13)7-12(10)18-11-4-2-3-5-11/h6-7,11,15H,2-5,8-9H2,1H3. The Bertz CT molecular complexity index is 427. The molecule has 2 aliphatic rings. The molecule has 0 saturated heterocycles. The Balaban J connectivity index is 1.85. The number of ether oxygens (including phenoxy) is 3. The van der Waals surface area contributed by atoms with E-state index in [0.29, 0.717) is 12.9 Å². The lowest BCUT2D eigenvalue weighted by Gasteiger charge is -2.17. The van der Waals surface area contributed by atoms with Gasteiger partial charge in [-0.25, -0.2) is 0 Å². The molecule has 0 amide bonds. The van der Waals surface area contributed by atoms with Crippen LogP contribution >= 0.6 is 0 Å². The zero-order valence-corrected chi connectivity index (χ0v) is 10.7. The second-order valence-electron chi connectivity index (χ2n) is 4.87. The first kappa shape index (κ1) is 11.7. The van der Waals surface area contributed by atoms with Gasteiger partial charge in [0.1, 0.15) is 5.75 Å². The molecule has 0 radical (unpaired) electrons. The molecule has 0 atom stereocenters. The summed E-state index contributed by atoms with van der Waals surface area (Å²) in [5.74, 6) is 2.54. The summed E-state index contributed by atoms with van der Waals surface area (Å²) in [4.78, 5) is 0. The topological polar surface area (TPSA) is 39.7 Å². The predicted molar refractivity (Wildman–Crippen MR) is 68.2 cm³/mol. The summed E-state index contributed by atoms with van der Waals surface area (Å²) >= 11 is 0. The summed E-state index contributed by atoms with van der Waals surface area (Å²) in [5, 5.41) is 3.16. The maximum atomic E-state index is 6.11. The highest BCUT2D eigenvalue weighted by Crippen LogP contribution is 2.39. The molecule has 98 valence electrons. The molecule has 18 heavy (non-hydrogen) atoms. The van der Waals surface area contributed by atoms with Gasteiger partial charge in [0.2, 0.25) is 6.79 Å². The van der Waals surface area contributed by atoms with E-state index in [-0.39, 0.29) is 0 Å². The van der Waals surface area contributed by atoms with Crippen molar-refractivity contribution in [3.05, 3.63) is 17.7 Å². The van der Waals surface area contributed by atoms with E-state index in [1.807, 2.05) is 19.2 Å². The highest BCUT2D eigenvalue weighted by Gasteiger charge is 2.21. The van der Waals surface area contributed by atoms with E-state index in [2.05, 4.69) is 5.32 Å². The monoisotopic (exact) mass is 249 g/mol. The van der Waals surface area contributed by atoms with Crippen molar-refractivity contribution in [3.63, 3.8) is 0 Å². The third-order valence-corrected chi connectivity index (χ3v) is 3.52. The largest absolute Gasteiger partial charge is 0.490 e. The lowest BCUT2D eigenvalue weighted by atomic mass is 10.1. The average Bonchev–Trinajstić information content (AvgIpc) is 3.00. The van der Waals surface area contributed by atoms with Crippen LogP contribution in [-0.4, -0.2) is 19.9 Å². The molecule has 1 aliphatic carbocycles. The van der Waals surface area contributed by atoms with Crippen LogP contribution < -0.4 is 19.5 Å². The van der Waals surface area contributed by atoms with Gasteiger partial charge in [0.05, 0.1) is 6.10 Å². The molecule has 1 aliphatic heterocycles. The van der Waals surface area contributed by atoms with Crippen LogP contribution in [0.25, 0.3) is 0 Å². The summed E-state index contributed by atoms with van der Waals surface area (Å²) in [5.41, 5.74) is 1.13. The number of fused-ring (bicyclic) bond motifs is 1. The Kier molecular flexibility index (Phi) is 3.28. The Morgan fingerprint density at radius 3 is 2.67 bits per heavy atom. The van der Waals surface area contributed by atoms with Crippen molar-refractivity contribution < 1.29 is 14.2 Å². The van der Waals surface area contributed by atoms with Crippen LogP contribution in [0.15, 0.2) is 12.1 Å². The van der Waals surface area contributed by atoms with Crippen LogP contribution in [0.3, 0.4) is 0 Å². The van der Waals surface area contributed by atoms with Crippen molar-refractivity contribution in [1.82, 2.24) is 5.32 Å². The third kappa shape index (κ3) is 2.25. The molecule has 1 fully saturated rings. The van der Waals surface area contributed by atoms with Gasteiger partial charge in [-0.05, 0) is 38.8 Å². The van der Waals surface area contributed by atoms with Crippen molar-refractivity contribution in [3.8, 4) is 17.2 Å². The van der Waals surface area contributed by atoms with E-state index in [1.54, 1.807) is 0 Å². The molecule has 1 aromatic rings. The molecule has 0 spiro atoms. The first-order chi connectivity index (χ1) is 8.86. The molecule has 0 unspecified atom stereocenters. The number of hydrogen-bond donors (Lipinski definition) is 1. The SMILES string of the molecule is CNCc1cc2c(cc1OC1CCCC1)OCO2. The van der Waals surface area contributed by atoms with Gasteiger partial charge in [0.15, 0.2) is 11.5 Å². The fourth-order valence-corrected chi connectivity index (χ4v) is 2.59. The number of benzene rings is 1. The summed E-state index contributed by atoms with van der Waals surface area (Å²) in [6.07, 6.45) is 5.23. The Morgan fingerprint density at radius 1 is 1.22 bits per heavy atom. The highest BCUT2D eigenvalue weighted by atomic mass is 16.7. The maximum absolute atomic E-state index is 6.11. The van der Waals surface area contributed by atoms with Gasteiger partial charge in [-0.3, -0.25) is 0 Å². The molecular formula is C14H19NO3. The quantitative estimate of drug-likeness (QED) is 0.889. The molecule has 1 N–H and O–H groups in total. The lowest BCUT2D eigenvalue weighted by Crippen LogP contribution is -2.14. The summed E-state index contributed by atoms with van der Waals surface area (Å²) in [6.45, 7) is 1.08. The molecule has 1 aromatic carbocycles. The fraction of sp³-hybridized carbons (Fsp3) is 0.571. The molecule has 0 aromatic heterocycles. The van der Waals surface area contributed by atoms with Gasteiger partial charge in [0, 0.05) is 18.2 Å². The van der Waals surface area contributed by atoms with Crippen LogP contribution in [0.5, 0.6) is 17.2 Å². The molecule has 4 nitrogen and oxygen atoms in total. The molecule has 4 heteroatoms. The normalized spacial score (nSPS) is 18.3. The molecular weight excluding hydrogens is 230 g/mol. The minimum absolute atomic E-state index is 0.307. The Hall–Kier alpha value is -1.42. The van der Waals surface area contributed by atoms with Crippen LogP contribution in [0, 0.1) is 0 Å². The minimum atomic E-state index is 0.307.